The second kappa shape index (κ2) is 8.01. The molecule has 3 amide bonds. The van der Waals surface area contributed by atoms with E-state index >= 15 is 0 Å². The number of anilines is 1. The van der Waals surface area contributed by atoms with E-state index in [1.165, 1.54) is 11.1 Å². The van der Waals surface area contributed by atoms with Gasteiger partial charge in [0.15, 0.2) is 0 Å². The van der Waals surface area contributed by atoms with Crippen molar-refractivity contribution in [3.05, 3.63) is 64.7 Å². The molecule has 136 valence electrons. The van der Waals surface area contributed by atoms with Gasteiger partial charge in [-0.05, 0) is 35.7 Å². The summed E-state index contributed by atoms with van der Waals surface area (Å²) in [6.07, 6.45) is 0. The predicted octanol–water partition coefficient (Wildman–Crippen LogP) is 2.92. The number of methoxy groups -OCH3 is 1. The van der Waals surface area contributed by atoms with Crippen LogP contribution < -0.4 is 10.6 Å². The Hall–Kier alpha value is -2.86. The number of hydrogen-bond acceptors (Lipinski definition) is 3. The number of hydrogen-bond donors (Lipinski definition) is 2. The molecular weight excluding hydrogens is 330 g/mol. The Bertz CT molecular complexity index is 795. The summed E-state index contributed by atoms with van der Waals surface area (Å²) in [4.78, 5) is 26.7. The van der Waals surface area contributed by atoms with Crippen molar-refractivity contribution >= 4 is 17.6 Å². The molecule has 6 nitrogen and oxygen atoms in total. The number of benzene rings is 2. The molecule has 0 unspecified atom stereocenters. The number of urea groups is 1. The van der Waals surface area contributed by atoms with Gasteiger partial charge < -0.3 is 20.3 Å². The van der Waals surface area contributed by atoms with Crippen LogP contribution in [0.5, 0.6) is 0 Å². The van der Waals surface area contributed by atoms with Gasteiger partial charge in [-0.3, -0.25) is 4.79 Å². The highest BCUT2D eigenvalue weighted by atomic mass is 16.5. The molecule has 0 bridgehead atoms. The third-order valence-electron chi connectivity index (χ3n) is 4.54. The van der Waals surface area contributed by atoms with Gasteiger partial charge in [0, 0.05) is 38.0 Å². The fourth-order valence-electron chi connectivity index (χ4n) is 3.05. The minimum absolute atomic E-state index is 0.166. The quantitative estimate of drug-likeness (QED) is 0.812. The minimum Gasteiger partial charge on any atom is -0.383 e. The van der Waals surface area contributed by atoms with Crippen LogP contribution in [0.4, 0.5) is 10.5 Å². The number of fused-ring (bicyclic) bond motifs is 1. The maximum absolute atomic E-state index is 12.6. The second-order valence-corrected chi connectivity index (χ2v) is 6.28. The average molecular weight is 353 g/mol. The highest BCUT2D eigenvalue weighted by molar-refractivity contribution is 5.99. The van der Waals surface area contributed by atoms with E-state index in [1.807, 2.05) is 37.3 Å². The lowest BCUT2D eigenvalue weighted by molar-refractivity contribution is 0.0936. The normalized spacial score (nSPS) is 12.6. The smallest absolute Gasteiger partial charge is 0.322 e. The van der Waals surface area contributed by atoms with Crippen molar-refractivity contribution in [3.8, 4) is 0 Å². The largest absolute Gasteiger partial charge is 0.383 e. The molecule has 0 spiro atoms. The minimum atomic E-state index is -0.177. The number of carbonyl (C=O) groups is 2. The van der Waals surface area contributed by atoms with Gasteiger partial charge in [0.25, 0.3) is 5.91 Å². The zero-order valence-electron chi connectivity index (χ0n) is 15.0. The number of rotatable bonds is 5. The molecule has 0 aromatic heterocycles. The van der Waals surface area contributed by atoms with Crippen LogP contribution in [0, 0.1) is 6.92 Å². The molecule has 0 fully saturated rings. The molecule has 3 rings (SSSR count). The summed E-state index contributed by atoms with van der Waals surface area (Å²) in [6.45, 7) is 3.92. The summed E-state index contributed by atoms with van der Waals surface area (Å²) in [5.74, 6) is -0.177. The van der Waals surface area contributed by atoms with Crippen LogP contribution in [0.25, 0.3) is 0 Å². The van der Waals surface area contributed by atoms with E-state index in [2.05, 4.69) is 10.6 Å². The molecule has 0 saturated heterocycles. The fraction of sp³-hybridized carbons (Fsp3) is 0.300. The monoisotopic (exact) mass is 353 g/mol. The first-order valence-electron chi connectivity index (χ1n) is 8.59. The Balaban J connectivity index is 1.68. The Labute approximate surface area is 153 Å². The molecule has 1 heterocycles. The Kier molecular flexibility index (Phi) is 5.53. The summed E-state index contributed by atoms with van der Waals surface area (Å²) < 4.78 is 4.94. The third kappa shape index (κ3) is 3.86. The SMILES string of the molecule is COCCNC(=O)c1cccc(NC(=O)N2Cc3ccccc3C2)c1C. The molecule has 0 saturated carbocycles. The van der Waals surface area contributed by atoms with E-state index in [4.69, 9.17) is 4.74 Å². The second-order valence-electron chi connectivity index (χ2n) is 6.28. The van der Waals surface area contributed by atoms with Gasteiger partial charge in [-0.25, -0.2) is 4.79 Å². The molecule has 1 aliphatic rings. The summed E-state index contributed by atoms with van der Waals surface area (Å²) in [5.41, 5.74) is 4.28. The van der Waals surface area contributed by atoms with Crippen molar-refractivity contribution in [2.45, 2.75) is 20.0 Å². The molecule has 0 radical (unpaired) electrons. The van der Waals surface area contributed by atoms with Gasteiger partial charge in [-0.1, -0.05) is 30.3 Å². The lowest BCUT2D eigenvalue weighted by Crippen LogP contribution is -2.31. The lowest BCUT2D eigenvalue weighted by atomic mass is 10.1. The van der Waals surface area contributed by atoms with E-state index in [0.29, 0.717) is 37.5 Å². The van der Waals surface area contributed by atoms with Gasteiger partial charge in [0.2, 0.25) is 0 Å². The van der Waals surface area contributed by atoms with Gasteiger partial charge in [-0.2, -0.15) is 0 Å². The maximum Gasteiger partial charge on any atom is 0.322 e. The first-order chi connectivity index (χ1) is 12.6. The van der Waals surface area contributed by atoms with E-state index in [9.17, 15) is 9.59 Å². The molecule has 2 N–H and O–H groups in total. The summed E-state index contributed by atoms with van der Waals surface area (Å²) in [6, 6.07) is 13.2. The van der Waals surface area contributed by atoms with Gasteiger partial charge in [0.05, 0.1) is 6.61 Å². The van der Waals surface area contributed by atoms with E-state index in [0.717, 1.165) is 5.56 Å². The van der Waals surface area contributed by atoms with Crippen molar-refractivity contribution in [2.24, 2.45) is 0 Å². The number of ether oxygens (including phenoxy) is 1. The predicted molar refractivity (Wildman–Crippen MR) is 100 cm³/mol. The van der Waals surface area contributed by atoms with Crippen LogP contribution in [-0.2, 0) is 17.8 Å². The highest BCUT2D eigenvalue weighted by Crippen LogP contribution is 2.24. The van der Waals surface area contributed by atoms with Crippen LogP contribution in [0.15, 0.2) is 42.5 Å². The van der Waals surface area contributed by atoms with Crippen molar-refractivity contribution in [3.63, 3.8) is 0 Å². The number of amides is 3. The summed E-state index contributed by atoms with van der Waals surface area (Å²) in [5, 5.41) is 5.73. The van der Waals surface area contributed by atoms with Crippen molar-refractivity contribution in [1.29, 1.82) is 0 Å². The molecule has 1 aliphatic heterocycles. The van der Waals surface area contributed by atoms with Crippen LogP contribution in [-0.4, -0.2) is 37.1 Å². The molecule has 0 atom stereocenters. The highest BCUT2D eigenvalue weighted by Gasteiger charge is 2.23. The number of carbonyl (C=O) groups excluding carboxylic acids is 2. The molecule has 0 aliphatic carbocycles. The Morgan fingerprint density at radius 1 is 1.08 bits per heavy atom. The number of nitrogens with one attached hydrogen (secondary N) is 2. The van der Waals surface area contributed by atoms with Crippen LogP contribution >= 0.6 is 0 Å². The molecule has 2 aromatic rings. The molecule has 26 heavy (non-hydrogen) atoms. The van der Waals surface area contributed by atoms with Gasteiger partial charge in [-0.15, -0.1) is 0 Å². The average Bonchev–Trinajstić information content (AvgIpc) is 3.08. The number of nitrogens with zero attached hydrogens (tertiary/aromatic N) is 1. The summed E-state index contributed by atoms with van der Waals surface area (Å²) in [7, 11) is 1.59. The standard InChI is InChI=1S/C20H23N3O3/c1-14-17(19(24)21-10-11-26-2)8-5-9-18(14)22-20(25)23-12-15-6-3-4-7-16(15)13-23/h3-9H,10-13H2,1-2H3,(H,21,24)(H,22,25). The van der Waals surface area contributed by atoms with Gasteiger partial charge >= 0.3 is 6.03 Å². The van der Waals surface area contributed by atoms with Gasteiger partial charge in [0.1, 0.15) is 0 Å². The first-order valence-corrected chi connectivity index (χ1v) is 8.59. The zero-order valence-corrected chi connectivity index (χ0v) is 15.0. The van der Waals surface area contributed by atoms with Crippen LogP contribution in [0.3, 0.4) is 0 Å². The Morgan fingerprint density at radius 2 is 1.77 bits per heavy atom. The van der Waals surface area contributed by atoms with Crippen LogP contribution in [0.1, 0.15) is 27.0 Å². The molecule has 2 aromatic carbocycles. The maximum atomic E-state index is 12.6. The van der Waals surface area contributed by atoms with Crippen LogP contribution in [0.2, 0.25) is 0 Å². The van der Waals surface area contributed by atoms with E-state index in [1.54, 1.807) is 24.1 Å². The van der Waals surface area contributed by atoms with Crippen molar-refractivity contribution in [1.82, 2.24) is 10.2 Å². The first kappa shape index (κ1) is 17.9. The lowest BCUT2D eigenvalue weighted by Gasteiger charge is -2.18. The van der Waals surface area contributed by atoms with Crippen molar-refractivity contribution in [2.75, 3.05) is 25.6 Å². The zero-order chi connectivity index (χ0) is 18.5. The Morgan fingerprint density at radius 3 is 2.42 bits per heavy atom. The van der Waals surface area contributed by atoms with E-state index < -0.39 is 0 Å². The topological polar surface area (TPSA) is 70.7 Å². The van der Waals surface area contributed by atoms with E-state index in [-0.39, 0.29) is 11.9 Å². The van der Waals surface area contributed by atoms with Crippen molar-refractivity contribution < 1.29 is 14.3 Å². The fourth-order valence-corrected chi connectivity index (χ4v) is 3.05. The summed E-state index contributed by atoms with van der Waals surface area (Å²) >= 11 is 0. The molecular formula is C20H23N3O3. The molecule has 6 heteroatoms. The third-order valence-corrected chi connectivity index (χ3v) is 4.54.